The van der Waals surface area contributed by atoms with Crippen LogP contribution in [0, 0.1) is 42.9 Å². The monoisotopic (exact) mass is 269 g/mol. The van der Waals surface area contributed by atoms with Crippen LogP contribution in [0.2, 0.25) is 0 Å². The highest BCUT2D eigenvalue weighted by Gasteiger charge is 2.39. The highest BCUT2D eigenvalue weighted by atomic mass is 15.1. The third kappa shape index (κ3) is 2.28. The molecule has 0 N–H and O–H groups in total. The van der Waals surface area contributed by atoms with Crippen LogP contribution in [0.5, 0.6) is 0 Å². The lowest BCUT2D eigenvalue weighted by atomic mass is 9.88. The zero-order valence-corrected chi connectivity index (χ0v) is 12.7. The zero-order chi connectivity index (χ0) is 14.3. The van der Waals surface area contributed by atoms with Crippen molar-refractivity contribution in [1.82, 2.24) is 4.98 Å². The summed E-state index contributed by atoms with van der Waals surface area (Å²) in [7, 11) is 2.13. The lowest BCUT2D eigenvalue weighted by Crippen LogP contribution is -2.29. The van der Waals surface area contributed by atoms with E-state index in [1.165, 1.54) is 25.7 Å². The summed E-state index contributed by atoms with van der Waals surface area (Å²) in [6, 6.07) is 4.38. The van der Waals surface area contributed by atoms with Crippen LogP contribution < -0.4 is 4.90 Å². The third-order valence-electron chi connectivity index (χ3n) is 5.22. The first-order valence-electron chi connectivity index (χ1n) is 7.68. The lowest BCUT2D eigenvalue weighted by molar-refractivity contribution is 0.337. The lowest BCUT2D eigenvalue weighted by Gasteiger charge is -2.29. The molecule has 20 heavy (non-hydrogen) atoms. The summed E-state index contributed by atoms with van der Waals surface area (Å²) in [6.07, 6.45) is 5.70. The van der Waals surface area contributed by atoms with Crippen LogP contribution in [0.1, 0.15) is 42.6 Å². The van der Waals surface area contributed by atoms with Gasteiger partial charge in [-0.1, -0.05) is 6.42 Å². The number of anilines is 1. The van der Waals surface area contributed by atoms with Gasteiger partial charge in [0.2, 0.25) is 0 Å². The summed E-state index contributed by atoms with van der Waals surface area (Å²) in [6.45, 7) is 5.02. The molecule has 3 rings (SSSR count). The summed E-state index contributed by atoms with van der Waals surface area (Å²) in [4.78, 5) is 6.69. The molecule has 0 aromatic carbocycles. The molecule has 2 aliphatic carbocycles. The zero-order valence-electron chi connectivity index (χ0n) is 12.7. The van der Waals surface area contributed by atoms with Crippen LogP contribution in [0.3, 0.4) is 0 Å². The molecule has 1 heterocycles. The molecular weight excluding hydrogens is 246 g/mol. The molecule has 0 saturated heterocycles. The maximum absolute atomic E-state index is 9.39. The Morgan fingerprint density at radius 1 is 1.35 bits per heavy atom. The molecule has 0 amide bonds. The number of aromatic nitrogens is 1. The Balaban J connectivity index is 1.80. The number of nitrogens with zero attached hydrogens (tertiary/aromatic N) is 3. The average molecular weight is 269 g/mol. The Bertz CT molecular complexity index is 558. The number of aryl methyl sites for hydroxylation is 2. The number of nitriles is 1. The Morgan fingerprint density at radius 2 is 2.15 bits per heavy atom. The molecule has 0 aliphatic heterocycles. The van der Waals surface area contributed by atoms with Crippen LogP contribution in [0.4, 0.5) is 5.69 Å². The molecule has 3 heteroatoms. The van der Waals surface area contributed by atoms with Gasteiger partial charge in [-0.25, -0.2) is 0 Å². The van der Waals surface area contributed by atoms with Crippen LogP contribution in [0.25, 0.3) is 0 Å². The molecule has 0 radical (unpaired) electrons. The van der Waals surface area contributed by atoms with Crippen molar-refractivity contribution >= 4 is 5.69 Å². The highest BCUT2D eigenvalue weighted by Crippen LogP contribution is 2.48. The molecule has 3 atom stereocenters. The van der Waals surface area contributed by atoms with E-state index in [1.54, 1.807) is 0 Å². The van der Waals surface area contributed by atoms with Gasteiger partial charge in [0, 0.05) is 19.3 Å². The Labute approximate surface area is 121 Å². The molecule has 1 aromatic rings. The quantitative estimate of drug-likeness (QED) is 0.844. The molecular formula is C17H23N3. The first-order chi connectivity index (χ1) is 9.58. The fraction of sp³-hybridized carbons (Fsp3) is 0.647. The molecule has 1 aromatic heterocycles. The van der Waals surface area contributed by atoms with E-state index in [2.05, 4.69) is 29.1 Å². The normalized spacial score (nSPS) is 27.6. The Morgan fingerprint density at radius 3 is 2.75 bits per heavy atom. The van der Waals surface area contributed by atoms with E-state index in [0.717, 1.165) is 46.9 Å². The average Bonchev–Trinajstić information content (AvgIpc) is 3.00. The molecule has 2 fully saturated rings. The second-order valence-electron chi connectivity index (χ2n) is 6.67. The van der Waals surface area contributed by atoms with E-state index in [9.17, 15) is 5.26 Å². The van der Waals surface area contributed by atoms with Gasteiger partial charge in [-0.2, -0.15) is 5.26 Å². The summed E-state index contributed by atoms with van der Waals surface area (Å²) in [5.74, 6) is 2.73. The van der Waals surface area contributed by atoms with Crippen LogP contribution in [-0.4, -0.2) is 18.6 Å². The number of rotatable bonds is 3. The van der Waals surface area contributed by atoms with E-state index in [-0.39, 0.29) is 0 Å². The van der Waals surface area contributed by atoms with E-state index < -0.39 is 0 Å². The fourth-order valence-electron chi connectivity index (χ4n) is 4.30. The molecule has 106 valence electrons. The van der Waals surface area contributed by atoms with Gasteiger partial charge in [-0.3, -0.25) is 4.98 Å². The largest absolute Gasteiger partial charge is 0.373 e. The van der Waals surface area contributed by atoms with Gasteiger partial charge < -0.3 is 4.90 Å². The van der Waals surface area contributed by atoms with Crippen molar-refractivity contribution in [2.45, 2.75) is 39.5 Å². The van der Waals surface area contributed by atoms with E-state index in [4.69, 9.17) is 0 Å². The van der Waals surface area contributed by atoms with E-state index in [0.29, 0.717) is 0 Å². The highest BCUT2D eigenvalue weighted by molar-refractivity contribution is 5.61. The smallest absolute Gasteiger partial charge is 0.103 e. The van der Waals surface area contributed by atoms with Crippen LogP contribution in [0.15, 0.2) is 6.07 Å². The van der Waals surface area contributed by atoms with E-state index in [1.807, 2.05) is 13.8 Å². The van der Waals surface area contributed by atoms with Gasteiger partial charge >= 0.3 is 0 Å². The van der Waals surface area contributed by atoms with Crippen molar-refractivity contribution < 1.29 is 0 Å². The third-order valence-corrected chi connectivity index (χ3v) is 5.22. The summed E-state index contributed by atoms with van der Waals surface area (Å²) in [5.41, 5.74) is 3.64. The summed E-state index contributed by atoms with van der Waals surface area (Å²) >= 11 is 0. The minimum atomic E-state index is 0.737. The molecule has 2 bridgehead atoms. The van der Waals surface area contributed by atoms with Gasteiger partial charge in [0.25, 0.3) is 0 Å². The first-order valence-corrected chi connectivity index (χ1v) is 7.68. The summed E-state index contributed by atoms with van der Waals surface area (Å²) < 4.78 is 0. The molecule has 2 saturated carbocycles. The van der Waals surface area contributed by atoms with E-state index >= 15 is 0 Å². The van der Waals surface area contributed by atoms with Crippen molar-refractivity contribution in [2.24, 2.45) is 17.8 Å². The first kappa shape index (κ1) is 13.4. The van der Waals surface area contributed by atoms with Crippen LogP contribution in [-0.2, 0) is 0 Å². The second-order valence-corrected chi connectivity index (χ2v) is 6.67. The molecule has 2 aliphatic rings. The Hall–Kier alpha value is -1.56. The number of fused-ring (bicyclic) bond motifs is 2. The SMILES string of the molecule is Cc1cc(N(C)CC2CC3CCC2C3)c(C#N)c(C)n1. The van der Waals surface area contributed by atoms with Crippen molar-refractivity contribution in [2.75, 3.05) is 18.5 Å². The minimum absolute atomic E-state index is 0.737. The molecule has 3 nitrogen and oxygen atoms in total. The predicted octanol–water partition coefficient (Wildman–Crippen LogP) is 3.44. The van der Waals surface area contributed by atoms with Crippen LogP contribution >= 0.6 is 0 Å². The predicted molar refractivity (Wildman–Crippen MR) is 80.6 cm³/mol. The van der Waals surface area contributed by atoms with Crippen molar-refractivity contribution in [3.63, 3.8) is 0 Å². The topological polar surface area (TPSA) is 39.9 Å². The fourth-order valence-corrected chi connectivity index (χ4v) is 4.30. The van der Waals surface area contributed by atoms with Crippen molar-refractivity contribution in [3.05, 3.63) is 23.0 Å². The number of hydrogen-bond donors (Lipinski definition) is 0. The van der Waals surface area contributed by atoms with Gasteiger partial charge in [-0.05, 0) is 56.9 Å². The molecule has 0 spiro atoms. The maximum Gasteiger partial charge on any atom is 0.103 e. The maximum atomic E-state index is 9.39. The second kappa shape index (κ2) is 5.09. The standard InChI is InChI=1S/C17H23N3/c1-11-6-17(16(9-18)12(2)19-11)20(3)10-15-8-13-4-5-14(15)7-13/h6,13-15H,4-5,7-8,10H2,1-3H3. The van der Waals surface area contributed by atoms with Crippen molar-refractivity contribution in [1.29, 1.82) is 5.26 Å². The molecule has 3 unspecified atom stereocenters. The number of pyridine rings is 1. The number of hydrogen-bond acceptors (Lipinski definition) is 3. The Kier molecular flexibility index (Phi) is 3.41. The van der Waals surface area contributed by atoms with Gasteiger partial charge in [-0.15, -0.1) is 0 Å². The summed E-state index contributed by atoms with van der Waals surface area (Å²) in [5, 5.41) is 9.39. The van der Waals surface area contributed by atoms with Crippen molar-refractivity contribution in [3.8, 4) is 6.07 Å². The van der Waals surface area contributed by atoms with Gasteiger partial charge in [0.1, 0.15) is 6.07 Å². The minimum Gasteiger partial charge on any atom is -0.373 e. The van der Waals surface area contributed by atoms with Gasteiger partial charge in [0.15, 0.2) is 0 Å². The van der Waals surface area contributed by atoms with Gasteiger partial charge in [0.05, 0.1) is 16.9 Å².